The molecule has 0 atom stereocenters. The van der Waals surface area contributed by atoms with Gasteiger partial charge in [0.05, 0.1) is 5.92 Å². The van der Waals surface area contributed by atoms with E-state index in [-0.39, 0.29) is 17.8 Å². The lowest BCUT2D eigenvalue weighted by atomic mass is 9.90. The summed E-state index contributed by atoms with van der Waals surface area (Å²) in [6.07, 6.45) is 0.515. The molecule has 4 aromatic carbocycles. The number of urea groups is 1. The van der Waals surface area contributed by atoms with E-state index < -0.39 is 5.92 Å². The number of hydrogen-bond acceptors (Lipinski definition) is 2. The van der Waals surface area contributed by atoms with Gasteiger partial charge >= 0.3 is 6.03 Å². The molecular formula is C31H30FN3O2. The molecule has 0 fully saturated rings. The fourth-order valence-corrected chi connectivity index (χ4v) is 4.13. The number of carbonyl (C=O) groups excluding carboxylic acids is 2. The van der Waals surface area contributed by atoms with E-state index in [4.69, 9.17) is 0 Å². The molecular weight excluding hydrogens is 465 g/mol. The summed E-state index contributed by atoms with van der Waals surface area (Å²) in [5, 5.41) is 5.93. The van der Waals surface area contributed by atoms with Gasteiger partial charge in [0.1, 0.15) is 5.82 Å². The number of halogens is 1. The van der Waals surface area contributed by atoms with Crippen LogP contribution in [0.4, 0.5) is 20.6 Å². The normalized spacial score (nSPS) is 10.7. The first-order valence-electron chi connectivity index (χ1n) is 12.3. The summed E-state index contributed by atoms with van der Waals surface area (Å²) < 4.78 is 13.5. The van der Waals surface area contributed by atoms with Crippen molar-refractivity contribution in [2.45, 2.75) is 19.3 Å². The third-order valence-corrected chi connectivity index (χ3v) is 6.07. The molecule has 4 rings (SSSR count). The van der Waals surface area contributed by atoms with Crippen molar-refractivity contribution >= 4 is 23.3 Å². The predicted molar refractivity (Wildman–Crippen MR) is 146 cm³/mol. The van der Waals surface area contributed by atoms with E-state index in [1.54, 1.807) is 17.0 Å². The number of amides is 3. The average Bonchev–Trinajstić information content (AvgIpc) is 2.92. The third kappa shape index (κ3) is 7.04. The summed E-state index contributed by atoms with van der Waals surface area (Å²) in [6.45, 7) is 2.69. The largest absolute Gasteiger partial charge is 0.355 e. The van der Waals surface area contributed by atoms with Crippen LogP contribution in [0.2, 0.25) is 0 Å². The molecule has 5 nitrogen and oxygen atoms in total. The Kier molecular flexibility index (Phi) is 8.66. The maximum atomic E-state index is 13.5. The average molecular weight is 496 g/mol. The van der Waals surface area contributed by atoms with Gasteiger partial charge in [-0.1, -0.05) is 78.4 Å². The Balaban J connectivity index is 1.42. The Labute approximate surface area is 217 Å². The summed E-state index contributed by atoms with van der Waals surface area (Å²) in [5.74, 6) is -0.905. The van der Waals surface area contributed by atoms with E-state index in [9.17, 15) is 14.0 Å². The standard InChI is InChI=1S/C31H30FN3O2/c1-23-13-17-27(18-14-23)34-31(37)35(28-19-15-26(32)16-20-28)22-8-21-33-30(36)29(24-9-4-2-5-10-24)25-11-6-3-7-12-25/h2-7,9-20,29H,8,21-22H2,1H3,(H,33,36)(H,34,37). The van der Waals surface area contributed by atoms with Crippen molar-refractivity contribution in [1.29, 1.82) is 0 Å². The van der Waals surface area contributed by atoms with Gasteiger partial charge in [0, 0.05) is 24.5 Å². The van der Waals surface area contributed by atoms with Crippen molar-refractivity contribution in [3.8, 4) is 0 Å². The zero-order chi connectivity index (χ0) is 26.0. The van der Waals surface area contributed by atoms with Crippen molar-refractivity contribution in [3.63, 3.8) is 0 Å². The highest BCUT2D eigenvalue weighted by atomic mass is 19.1. The van der Waals surface area contributed by atoms with E-state index in [0.29, 0.717) is 30.9 Å². The summed E-state index contributed by atoms with van der Waals surface area (Å²) in [5.41, 5.74) is 4.16. The zero-order valence-corrected chi connectivity index (χ0v) is 20.7. The summed E-state index contributed by atoms with van der Waals surface area (Å²) in [4.78, 5) is 27.9. The van der Waals surface area contributed by atoms with Crippen molar-refractivity contribution in [2.75, 3.05) is 23.3 Å². The number of benzene rings is 4. The van der Waals surface area contributed by atoms with Crippen LogP contribution in [0.25, 0.3) is 0 Å². The maximum Gasteiger partial charge on any atom is 0.326 e. The number of nitrogens with one attached hydrogen (secondary N) is 2. The fourth-order valence-electron chi connectivity index (χ4n) is 4.13. The van der Waals surface area contributed by atoms with Gasteiger partial charge in [-0.15, -0.1) is 0 Å². The molecule has 37 heavy (non-hydrogen) atoms. The van der Waals surface area contributed by atoms with Gasteiger partial charge in [-0.05, 0) is 60.9 Å². The summed E-state index contributed by atoms with van der Waals surface area (Å²) in [6, 6.07) is 32.3. The Bertz CT molecular complexity index is 1250. The molecule has 188 valence electrons. The molecule has 0 unspecified atom stereocenters. The number of aryl methyl sites for hydroxylation is 1. The number of rotatable bonds is 9. The molecule has 0 aliphatic rings. The highest BCUT2D eigenvalue weighted by Crippen LogP contribution is 2.25. The van der Waals surface area contributed by atoms with Gasteiger partial charge in [0.2, 0.25) is 5.91 Å². The Morgan fingerprint density at radius 2 is 1.35 bits per heavy atom. The second kappa shape index (κ2) is 12.5. The second-order valence-electron chi connectivity index (χ2n) is 8.82. The van der Waals surface area contributed by atoms with Gasteiger partial charge in [-0.2, -0.15) is 0 Å². The fraction of sp³-hybridized carbons (Fsp3) is 0.161. The third-order valence-electron chi connectivity index (χ3n) is 6.07. The smallest absolute Gasteiger partial charge is 0.326 e. The summed E-state index contributed by atoms with van der Waals surface area (Å²) in [7, 11) is 0. The monoisotopic (exact) mass is 495 g/mol. The quantitative estimate of drug-likeness (QED) is 0.260. The minimum absolute atomic E-state index is 0.102. The molecule has 0 aliphatic carbocycles. The number of anilines is 2. The highest BCUT2D eigenvalue weighted by Gasteiger charge is 2.22. The SMILES string of the molecule is Cc1ccc(NC(=O)N(CCCNC(=O)C(c2ccccc2)c2ccccc2)c2ccc(F)cc2)cc1. The molecule has 6 heteroatoms. The van der Waals surface area contributed by atoms with Gasteiger partial charge in [-0.3, -0.25) is 9.69 Å². The number of hydrogen-bond donors (Lipinski definition) is 2. The van der Waals surface area contributed by atoms with Crippen LogP contribution in [0.15, 0.2) is 109 Å². The number of nitrogens with zero attached hydrogens (tertiary/aromatic N) is 1. The minimum Gasteiger partial charge on any atom is -0.355 e. The Hall–Kier alpha value is -4.45. The first-order chi connectivity index (χ1) is 18.0. The van der Waals surface area contributed by atoms with Gasteiger partial charge in [0.25, 0.3) is 0 Å². The van der Waals surface area contributed by atoms with Crippen LogP contribution >= 0.6 is 0 Å². The topological polar surface area (TPSA) is 61.4 Å². The van der Waals surface area contributed by atoms with E-state index in [1.165, 1.54) is 12.1 Å². The molecule has 0 saturated heterocycles. The molecule has 0 radical (unpaired) electrons. The molecule has 0 aliphatic heterocycles. The van der Waals surface area contributed by atoms with Crippen molar-refractivity contribution in [2.24, 2.45) is 0 Å². The molecule has 0 aromatic heterocycles. The van der Waals surface area contributed by atoms with Crippen LogP contribution in [0.5, 0.6) is 0 Å². The van der Waals surface area contributed by atoms with Crippen LogP contribution in [-0.2, 0) is 4.79 Å². The lowest BCUT2D eigenvalue weighted by molar-refractivity contribution is -0.121. The molecule has 0 bridgehead atoms. The first-order valence-corrected chi connectivity index (χ1v) is 12.3. The zero-order valence-electron chi connectivity index (χ0n) is 20.7. The van der Waals surface area contributed by atoms with Crippen molar-refractivity contribution < 1.29 is 14.0 Å². The molecule has 0 heterocycles. The second-order valence-corrected chi connectivity index (χ2v) is 8.82. The summed E-state index contributed by atoms with van der Waals surface area (Å²) >= 11 is 0. The predicted octanol–water partition coefficient (Wildman–Crippen LogP) is 6.51. The molecule has 2 N–H and O–H groups in total. The molecule has 3 amide bonds. The lowest BCUT2D eigenvalue weighted by Crippen LogP contribution is -2.38. The van der Waals surface area contributed by atoms with Crippen molar-refractivity contribution in [3.05, 3.63) is 132 Å². The van der Waals surface area contributed by atoms with Crippen LogP contribution < -0.4 is 15.5 Å². The lowest BCUT2D eigenvalue weighted by Gasteiger charge is -2.24. The van der Waals surface area contributed by atoms with Crippen LogP contribution in [-0.4, -0.2) is 25.0 Å². The van der Waals surface area contributed by atoms with Crippen LogP contribution in [0.1, 0.15) is 29.0 Å². The van der Waals surface area contributed by atoms with Gasteiger partial charge in [0.15, 0.2) is 0 Å². The Morgan fingerprint density at radius 3 is 1.92 bits per heavy atom. The van der Waals surface area contributed by atoms with Gasteiger partial charge < -0.3 is 10.6 Å². The molecule has 4 aromatic rings. The minimum atomic E-state index is -0.430. The van der Waals surface area contributed by atoms with Crippen LogP contribution in [0, 0.1) is 12.7 Å². The number of carbonyl (C=O) groups is 2. The van der Waals surface area contributed by atoms with E-state index in [0.717, 1.165) is 16.7 Å². The van der Waals surface area contributed by atoms with E-state index in [1.807, 2.05) is 91.9 Å². The van der Waals surface area contributed by atoms with Crippen LogP contribution in [0.3, 0.4) is 0 Å². The molecule has 0 saturated carbocycles. The van der Waals surface area contributed by atoms with E-state index in [2.05, 4.69) is 10.6 Å². The van der Waals surface area contributed by atoms with E-state index >= 15 is 0 Å². The Morgan fingerprint density at radius 1 is 0.784 bits per heavy atom. The highest BCUT2D eigenvalue weighted by molar-refractivity contribution is 6.01. The van der Waals surface area contributed by atoms with Gasteiger partial charge in [-0.25, -0.2) is 9.18 Å². The first kappa shape index (κ1) is 25.6. The van der Waals surface area contributed by atoms with Crippen molar-refractivity contribution in [1.82, 2.24) is 5.32 Å². The molecule has 0 spiro atoms. The maximum absolute atomic E-state index is 13.5.